The maximum absolute atomic E-state index is 11.9. The van der Waals surface area contributed by atoms with Gasteiger partial charge in [0, 0.05) is 23.8 Å². The number of halogens is 3. The fraction of sp³-hybridized carbons (Fsp3) is 0.364. The van der Waals surface area contributed by atoms with Gasteiger partial charge in [0.05, 0.1) is 12.1 Å². The highest BCUT2D eigenvalue weighted by atomic mass is 127. The predicted molar refractivity (Wildman–Crippen MR) is 95.5 cm³/mol. The number of quaternary nitrogens is 1. The van der Waals surface area contributed by atoms with E-state index in [1.54, 1.807) is 0 Å². The number of esters is 1. The Morgan fingerprint density at radius 1 is 1.28 bits per heavy atom. The van der Waals surface area contributed by atoms with Gasteiger partial charge in [-0.3, -0.25) is 0 Å². The summed E-state index contributed by atoms with van der Waals surface area (Å²) < 4.78 is 8.29. The van der Waals surface area contributed by atoms with Gasteiger partial charge in [-0.05, 0) is 79.9 Å². The second-order valence-electron chi connectivity index (χ2n) is 3.49. The standard InChI is InChI=1S/C11H13I3N2O2/c12-7-5-8(10(14)9(13)6-7)11(17)18-4-3-16-2-1-15/h5-6,16H,1-4,15H2/p+1. The summed E-state index contributed by atoms with van der Waals surface area (Å²) in [5.41, 5.74) is 4.37. The SMILES string of the molecule is [NH3+]CCNCCOC(=O)c1cc(I)cc(I)c1I. The van der Waals surface area contributed by atoms with Crippen molar-refractivity contribution in [1.29, 1.82) is 0 Å². The van der Waals surface area contributed by atoms with Crippen molar-refractivity contribution < 1.29 is 15.3 Å². The molecule has 4 N–H and O–H groups in total. The Hall–Kier alpha value is 0.800. The Morgan fingerprint density at radius 2 is 2.00 bits per heavy atom. The van der Waals surface area contributed by atoms with Crippen LogP contribution < -0.4 is 11.1 Å². The van der Waals surface area contributed by atoms with E-state index in [2.05, 4.69) is 78.8 Å². The molecule has 4 nitrogen and oxygen atoms in total. The fourth-order valence-electron chi connectivity index (χ4n) is 1.25. The molecule has 0 bridgehead atoms. The third-order valence-corrected chi connectivity index (χ3v) is 5.75. The van der Waals surface area contributed by atoms with Crippen molar-refractivity contribution in [2.45, 2.75) is 0 Å². The Kier molecular flexibility index (Phi) is 8.30. The molecule has 0 fully saturated rings. The lowest BCUT2D eigenvalue weighted by atomic mass is 10.2. The zero-order valence-electron chi connectivity index (χ0n) is 9.64. The zero-order valence-corrected chi connectivity index (χ0v) is 16.1. The summed E-state index contributed by atoms with van der Waals surface area (Å²) in [6, 6.07) is 3.89. The van der Waals surface area contributed by atoms with Crippen molar-refractivity contribution in [3.05, 3.63) is 28.4 Å². The van der Waals surface area contributed by atoms with Crippen LogP contribution in [0.1, 0.15) is 10.4 Å². The van der Waals surface area contributed by atoms with Gasteiger partial charge in [0.15, 0.2) is 0 Å². The average molecular weight is 587 g/mol. The van der Waals surface area contributed by atoms with Crippen LogP contribution in [0.3, 0.4) is 0 Å². The molecule has 0 heterocycles. The molecule has 0 saturated heterocycles. The van der Waals surface area contributed by atoms with Gasteiger partial charge in [-0.1, -0.05) is 0 Å². The maximum Gasteiger partial charge on any atom is 0.339 e. The summed E-state index contributed by atoms with van der Waals surface area (Å²) >= 11 is 6.60. The van der Waals surface area contributed by atoms with Crippen LogP contribution in [0.2, 0.25) is 0 Å². The third-order valence-electron chi connectivity index (χ3n) is 2.08. The van der Waals surface area contributed by atoms with Crippen molar-refractivity contribution in [3.8, 4) is 0 Å². The number of ether oxygens (including phenoxy) is 1. The number of benzene rings is 1. The molecule has 0 aliphatic rings. The Labute approximate surface area is 147 Å². The van der Waals surface area contributed by atoms with Crippen molar-refractivity contribution in [2.24, 2.45) is 0 Å². The zero-order chi connectivity index (χ0) is 13.5. The van der Waals surface area contributed by atoms with Crippen molar-refractivity contribution >= 4 is 73.7 Å². The molecule has 0 spiro atoms. The second kappa shape index (κ2) is 8.87. The molecular weight excluding hydrogens is 573 g/mol. The van der Waals surface area contributed by atoms with Crippen LogP contribution in [0.15, 0.2) is 12.1 Å². The number of hydrogen-bond donors (Lipinski definition) is 2. The molecule has 1 aromatic carbocycles. The minimum absolute atomic E-state index is 0.257. The number of nitrogens with one attached hydrogen (secondary N) is 1. The number of carbonyl (C=O) groups is 1. The minimum atomic E-state index is -0.257. The van der Waals surface area contributed by atoms with Gasteiger partial charge in [-0.25, -0.2) is 4.79 Å². The molecule has 0 saturated carbocycles. The van der Waals surface area contributed by atoms with E-state index in [4.69, 9.17) is 4.74 Å². The highest BCUT2D eigenvalue weighted by Gasteiger charge is 2.14. The predicted octanol–water partition coefficient (Wildman–Crippen LogP) is 1.49. The molecular formula is C11H14I3N2O2+. The molecule has 1 aromatic rings. The molecule has 1 rings (SSSR count). The van der Waals surface area contributed by atoms with E-state index >= 15 is 0 Å². The normalized spacial score (nSPS) is 10.4. The summed E-state index contributed by atoms with van der Waals surface area (Å²) in [6.07, 6.45) is 0. The first-order chi connectivity index (χ1) is 8.56. The lowest BCUT2D eigenvalue weighted by Crippen LogP contribution is -2.54. The van der Waals surface area contributed by atoms with Crippen molar-refractivity contribution in [1.82, 2.24) is 5.32 Å². The average Bonchev–Trinajstić information content (AvgIpc) is 2.33. The van der Waals surface area contributed by atoms with Crippen LogP contribution in [0, 0.1) is 10.7 Å². The third kappa shape index (κ3) is 5.43. The molecule has 100 valence electrons. The van der Waals surface area contributed by atoms with E-state index in [9.17, 15) is 4.79 Å². The van der Waals surface area contributed by atoms with Crippen molar-refractivity contribution in [3.63, 3.8) is 0 Å². The number of hydrogen-bond acceptors (Lipinski definition) is 3. The number of rotatable bonds is 6. The van der Waals surface area contributed by atoms with E-state index < -0.39 is 0 Å². The highest BCUT2D eigenvalue weighted by molar-refractivity contribution is 14.1. The lowest BCUT2D eigenvalue weighted by molar-refractivity contribution is -0.365. The Bertz CT molecular complexity index is 427. The topological polar surface area (TPSA) is 66.0 Å². The van der Waals surface area contributed by atoms with Gasteiger partial charge in [0.25, 0.3) is 0 Å². The van der Waals surface area contributed by atoms with Crippen LogP contribution >= 0.6 is 67.8 Å². The molecule has 18 heavy (non-hydrogen) atoms. The summed E-state index contributed by atoms with van der Waals surface area (Å²) in [7, 11) is 0. The lowest BCUT2D eigenvalue weighted by Gasteiger charge is -2.08. The molecule has 0 unspecified atom stereocenters. The molecule has 0 amide bonds. The van der Waals surface area contributed by atoms with Crippen molar-refractivity contribution in [2.75, 3.05) is 26.2 Å². The summed E-state index contributed by atoms with van der Waals surface area (Å²) in [4.78, 5) is 11.9. The van der Waals surface area contributed by atoms with E-state index in [-0.39, 0.29) is 5.97 Å². The first-order valence-corrected chi connectivity index (χ1v) is 8.61. The first-order valence-electron chi connectivity index (χ1n) is 5.38. The molecule has 0 aliphatic carbocycles. The van der Waals surface area contributed by atoms with Crippen LogP contribution in [0.4, 0.5) is 0 Å². The second-order valence-corrected chi connectivity index (χ2v) is 6.98. The van der Waals surface area contributed by atoms with Gasteiger partial charge in [-0.2, -0.15) is 0 Å². The van der Waals surface area contributed by atoms with E-state index in [0.717, 1.165) is 23.8 Å². The maximum atomic E-state index is 11.9. The van der Waals surface area contributed by atoms with E-state index in [1.165, 1.54) is 0 Å². The smallest absolute Gasteiger partial charge is 0.339 e. The van der Waals surface area contributed by atoms with Gasteiger partial charge in [-0.15, -0.1) is 0 Å². The van der Waals surface area contributed by atoms with E-state index in [0.29, 0.717) is 18.7 Å². The van der Waals surface area contributed by atoms with E-state index in [1.807, 2.05) is 12.1 Å². The largest absolute Gasteiger partial charge is 0.461 e. The van der Waals surface area contributed by atoms with Gasteiger partial charge in [0.1, 0.15) is 6.61 Å². The Morgan fingerprint density at radius 3 is 2.67 bits per heavy atom. The Balaban J connectivity index is 2.56. The molecule has 0 radical (unpaired) electrons. The molecule has 0 atom stereocenters. The van der Waals surface area contributed by atoms with Crippen LogP contribution in [0.5, 0.6) is 0 Å². The molecule has 7 heteroatoms. The molecule has 0 aromatic heterocycles. The van der Waals surface area contributed by atoms with Gasteiger partial charge in [0.2, 0.25) is 0 Å². The summed E-state index contributed by atoms with van der Waals surface area (Å²) in [5, 5.41) is 3.13. The fourth-order valence-corrected chi connectivity index (χ4v) is 3.62. The van der Waals surface area contributed by atoms with Gasteiger partial charge < -0.3 is 15.8 Å². The summed E-state index contributed by atoms with van der Waals surface area (Å²) in [6.45, 7) is 2.73. The van der Waals surface area contributed by atoms with Crippen LogP contribution in [-0.2, 0) is 4.74 Å². The highest BCUT2D eigenvalue weighted by Crippen LogP contribution is 2.23. The van der Waals surface area contributed by atoms with Crippen LogP contribution in [0.25, 0.3) is 0 Å². The molecule has 0 aliphatic heterocycles. The minimum Gasteiger partial charge on any atom is -0.461 e. The number of carbonyl (C=O) groups excluding carboxylic acids is 1. The van der Waals surface area contributed by atoms with Gasteiger partial charge >= 0.3 is 5.97 Å². The first kappa shape index (κ1) is 16.9. The quantitative estimate of drug-likeness (QED) is 0.230. The monoisotopic (exact) mass is 587 g/mol. The summed E-state index contributed by atoms with van der Waals surface area (Å²) in [5.74, 6) is -0.257. The van der Waals surface area contributed by atoms with Crippen LogP contribution in [-0.4, -0.2) is 32.2 Å².